The lowest BCUT2D eigenvalue weighted by molar-refractivity contribution is -0.384. The summed E-state index contributed by atoms with van der Waals surface area (Å²) in [6.45, 7) is 3.41. The summed E-state index contributed by atoms with van der Waals surface area (Å²) in [6, 6.07) is 1.26. The number of anilines is 2. The molecule has 0 heterocycles. The average Bonchev–Trinajstić information content (AvgIpc) is 2.25. The molecule has 0 atom stereocenters. The van der Waals surface area contributed by atoms with Crippen LogP contribution in [0.2, 0.25) is 0 Å². The van der Waals surface area contributed by atoms with Gasteiger partial charge in [-0.25, -0.2) is 0 Å². The van der Waals surface area contributed by atoms with Crippen molar-refractivity contribution in [3.63, 3.8) is 0 Å². The topological polar surface area (TPSA) is 72.4 Å². The Labute approximate surface area is 108 Å². The van der Waals surface area contributed by atoms with Gasteiger partial charge in [0, 0.05) is 19.2 Å². The van der Waals surface area contributed by atoms with Crippen LogP contribution in [0.4, 0.5) is 30.2 Å². The molecule has 0 radical (unpaired) electrons. The van der Waals surface area contributed by atoms with Crippen molar-refractivity contribution < 1.29 is 18.1 Å². The van der Waals surface area contributed by atoms with E-state index in [4.69, 9.17) is 5.73 Å². The van der Waals surface area contributed by atoms with Crippen LogP contribution in [0, 0.1) is 10.1 Å². The van der Waals surface area contributed by atoms with Crippen LogP contribution in [0.25, 0.3) is 0 Å². The molecular formula is C11H14F3N3O2. The Kier molecular flexibility index (Phi) is 3.92. The van der Waals surface area contributed by atoms with Crippen molar-refractivity contribution >= 4 is 17.1 Å². The van der Waals surface area contributed by atoms with E-state index >= 15 is 0 Å². The second kappa shape index (κ2) is 4.94. The van der Waals surface area contributed by atoms with Crippen molar-refractivity contribution in [2.24, 2.45) is 0 Å². The monoisotopic (exact) mass is 277 g/mol. The molecule has 0 amide bonds. The van der Waals surface area contributed by atoms with Crippen molar-refractivity contribution in [2.45, 2.75) is 26.1 Å². The zero-order valence-electron chi connectivity index (χ0n) is 10.7. The van der Waals surface area contributed by atoms with Crippen LogP contribution in [0.5, 0.6) is 0 Å². The van der Waals surface area contributed by atoms with Crippen LogP contribution in [-0.2, 0) is 6.18 Å². The summed E-state index contributed by atoms with van der Waals surface area (Å²) < 4.78 is 38.9. The van der Waals surface area contributed by atoms with Gasteiger partial charge in [-0.15, -0.1) is 0 Å². The van der Waals surface area contributed by atoms with Crippen molar-refractivity contribution in [1.82, 2.24) is 0 Å². The molecule has 2 N–H and O–H groups in total. The van der Waals surface area contributed by atoms with Crippen molar-refractivity contribution in [3.8, 4) is 0 Å². The van der Waals surface area contributed by atoms with E-state index in [0.29, 0.717) is 6.07 Å². The third-order valence-corrected chi connectivity index (χ3v) is 2.80. The molecule has 0 aliphatic rings. The first-order valence-corrected chi connectivity index (χ1v) is 5.43. The minimum Gasteiger partial charge on any atom is -0.393 e. The van der Waals surface area contributed by atoms with Crippen LogP contribution in [-0.4, -0.2) is 18.0 Å². The predicted octanol–water partition coefficient (Wildman–Crippen LogP) is 3.04. The molecule has 5 nitrogen and oxygen atoms in total. The zero-order chi connectivity index (χ0) is 15.0. The first kappa shape index (κ1) is 15.1. The lowest BCUT2D eigenvalue weighted by atomic mass is 10.1. The van der Waals surface area contributed by atoms with E-state index in [-0.39, 0.29) is 17.4 Å². The molecule has 0 unspecified atom stereocenters. The minimum absolute atomic E-state index is 0.175. The van der Waals surface area contributed by atoms with E-state index in [1.807, 2.05) is 0 Å². The molecule has 1 rings (SSSR count). The number of nitrogens with zero attached hydrogens (tertiary/aromatic N) is 2. The molecule has 0 aliphatic carbocycles. The molecule has 0 saturated heterocycles. The fraction of sp³-hybridized carbons (Fsp3) is 0.455. The third kappa shape index (κ3) is 3.07. The van der Waals surface area contributed by atoms with E-state index in [1.54, 1.807) is 13.8 Å². The fourth-order valence-corrected chi connectivity index (χ4v) is 1.55. The minimum atomic E-state index is -4.68. The molecule has 8 heteroatoms. The number of nitro benzene ring substituents is 1. The highest BCUT2D eigenvalue weighted by atomic mass is 19.4. The fourth-order valence-electron chi connectivity index (χ4n) is 1.55. The number of benzene rings is 1. The van der Waals surface area contributed by atoms with E-state index < -0.39 is 22.4 Å². The average molecular weight is 277 g/mol. The maximum atomic E-state index is 13.0. The smallest absolute Gasteiger partial charge is 0.393 e. The highest BCUT2D eigenvalue weighted by molar-refractivity contribution is 5.71. The second-order valence-corrected chi connectivity index (χ2v) is 4.39. The summed E-state index contributed by atoms with van der Waals surface area (Å²) in [5.74, 6) is 0. The largest absolute Gasteiger partial charge is 0.418 e. The summed E-state index contributed by atoms with van der Waals surface area (Å²) in [4.78, 5) is 11.1. The van der Waals surface area contributed by atoms with Gasteiger partial charge in [-0.1, -0.05) is 0 Å². The molecular weight excluding hydrogens is 263 g/mol. The van der Waals surface area contributed by atoms with E-state index in [1.165, 1.54) is 11.9 Å². The predicted molar refractivity (Wildman–Crippen MR) is 66.0 cm³/mol. The Morgan fingerprint density at radius 2 is 1.89 bits per heavy atom. The van der Waals surface area contributed by atoms with Gasteiger partial charge in [0.15, 0.2) is 0 Å². The molecule has 1 aromatic carbocycles. The van der Waals surface area contributed by atoms with Gasteiger partial charge in [-0.3, -0.25) is 10.1 Å². The van der Waals surface area contributed by atoms with Gasteiger partial charge < -0.3 is 10.6 Å². The van der Waals surface area contributed by atoms with Crippen molar-refractivity contribution in [2.75, 3.05) is 17.7 Å². The summed E-state index contributed by atoms with van der Waals surface area (Å²) in [5.41, 5.74) is 3.16. The van der Waals surface area contributed by atoms with Gasteiger partial charge in [0.1, 0.15) is 5.69 Å². The normalized spacial score (nSPS) is 11.7. The van der Waals surface area contributed by atoms with Gasteiger partial charge >= 0.3 is 6.18 Å². The van der Waals surface area contributed by atoms with Gasteiger partial charge in [0.05, 0.1) is 16.2 Å². The Balaban J connectivity index is 3.54. The standard InChI is InChI=1S/C11H14F3N3O2/c1-6(2)16(3)9-5-8(15)10(17(18)19)4-7(9)11(12,13)14/h4-6H,15H2,1-3H3. The molecule has 106 valence electrons. The summed E-state index contributed by atoms with van der Waals surface area (Å²) >= 11 is 0. The number of rotatable bonds is 3. The number of alkyl halides is 3. The van der Waals surface area contributed by atoms with E-state index in [2.05, 4.69) is 0 Å². The molecule has 1 aromatic rings. The SMILES string of the molecule is CC(C)N(C)c1cc(N)c([N+](=O)[O-])cc1C(F)(F)F. The highest BCUT2D eigenvalue weighted by Crippen LogP contribution is 2.41. The molecule has 0 aliphatic heterocycles. The molecule has 0 spiro atoms. The number of halogens is 3. The number of nitrogen functional groups attached to an aromatic ring is 1. The Bertz CT molecular complexity index is 501. The Morgan fingerprint density at radius 3 is 2.26 bits per heavy atom. The summed E-state index contributed by atoms with van der Waals surface area (Å²) in [7, 11) is 1.47. The van der Waals surface area contributed by atoms with Crippen molar-refractivity contribution in [1.29, 1.82) is 0 Å². The van der Waals surface area contributed by atoms with Crippen LogP contribution in [0.1, 0.15) is 19.4 Å². The number of hydrogen-bond donors (Lipinski definition) is 1. The van der Waals surface area contributed by atoms with Gasteiger partial charge in [0.25, 0.3) is 5.69 Å². The highest BCUT2D eigenvalue weighted by Gasteiger charge is 2.37. The molecule has 0 aromatic heterocycles. The van der Waals surface area contributed by atoms with E-state index in [0.717, 1.165) is 6.07 Å². The first-order chi connectivity index (χ1) is 8.55. The Hall–Kier alpha value is -1.99. The van der Waals surface area contributed by atoms with E-state index in [9.17, 15) is 23.3 Å². The second-order valence-electron chi connectivity index (χ2n) is 4.39. The Morgan fingerprint density at radius 1 is 1.37 bits per heavy atom. The molecule has 0 bridgehead atoms. The van der Waals surface area contributed by atoms with Crippen molar-refractivity contribution in [3.05, 3.63) is 27.8 Å². The molecule has 0 fully saturated rings. The quantitative estimate of drug-likeness (QED) is 0.523. The number of nitro groups is 1. The lowest BCUT2D eigenvalue weighted by Crippen LogP contribution is -2.28. The third-order valence-electron chi connectivity index (χ3n) is 2.80. The first-order valence-electron chi connectivity index (χ1n) is 5.43. The van der Waals surface area contributed by atoms with Gasteiger partial charge in [-0.05, 0) is 19.9 Å². The van der Waals surface area contributed by atoms with Gasteiger partial charge in [-0.2, -0.15) is 13.2 Å². The number of hydrogen-bond acceptors (Lipinski definition) is 4. The van der Waals surface area contributed by atoms with Crippen LogP contribution in [0.3, 0.4) is 0 Å². The maximum Gasteiger partial charge on any atom is 0.418 e. The number of nitrogens with two attached hydrogens (primary N) is 1. The molecule has 0 saturated carbocycles. The van der Waals surface area contributed by atoms with Crippen LogP contribution >= 0.6 is 0 Å². The lowest BCUT2D eigenvalue weighted by Gasteiger charge is -2.27. The van der Waals surface area contributed by atoms with Crippen LogP contribution < -0.4 is 10.6 Å². The van der Waals surface area contributed by atoms with Gasteiger partial charge in [0.2, 0.25) is 0 Å². The summed E-state index contributed by atoms with van der Waals surface area (Å²) in [5, 5.41) is 10.7. The summed E-state index contributed by atoms with van der Waals surface area (Å²) in [6.07, 6.45) is -4.68. The van der Waals surface area contributed by atoms with Crippen LogP contribution in [0.15, 0.2) is 12.1 Å². The maximum absolute atomic E-state index is 13.0. The zero-order valence-corrected chi connectivity index (χ0v) is 10.7. The molecule has 19 heavy (non-hydrogen) atoms.